The molecule has 0 amide bonds. The number of anilines is 1. The van der Waals surface area contributed by atoms with Gasteiger partial charge in [-0.05, 0) is 24.3 Å². The summed E-state index contributed by atoms with van der Waals surface area (Å²) in [5.41, 5.74) is 6.26. The Bertz CT molecular complexity index is 744. The first-order valence-electron chi connectivity index (χ1n) is 5.99. The van der Waals surface area contributed by atoms with E-state index in [0.717, 1.165) is 0 Å². The maximum atomic E-state index is 12.4. The minimum absolute atomic E-state index is 0.143. The molecule has 5 heteroatoms. The van der Waals surface area contributed by atoms with E-state index in [-0.39, 0.29) is 11.4 Å². The van der Waals surface area contributed by atoms with Crippen molar-refractivity contribution in [2.45, 2.75) is 4.90 Å². The number of rotatable bonds is 3. The van der Waals surface area contributed by atoms with Gasteiger partial charge in [0.05, 0.1) is 6.54 Å². The molecule has 2 rings (SSSR count). The van der Waals surface area contributed by atoms with Crippen LogP contribution in [0.5, 0.6) is 0 Å². The van der Waals surface area contributed by atoms with Crippen LogP contribution in [0.3, 0.4) is 0 Å². The minimum atomic E-state index is -3.67. The van der Waals surface area contributed by atoms with Crippen LogP contribution in [0.2, 0.25) is 0 Å². The van der Waals surface area contributed by atoms with Gasteiger partial charge in [-0.25, -0.2) is 8.42 Å². The molecule has 0 unspecified atom stereocenters. The molecule has 0 bridgehead atoms. The third-order valence-corrected chi connectivity index (χ3v) is 3.97. The molecule has 20 heavy (non-hydrogen) atoms. The van der Waals surface area contributed by atoms with E-state index in [9.17, 15) is 8.42 Å². The highest BCUT2D eigenvalue weighted by Crippen LogP contribution is 2.18. The molecule has 4 nitrogen and oxygen atoms in total. The summed E-state index contributed by atoms with van der Waals surface area (Å²) in [6.45, 7) is 0.181. The number of sulfonamides is 1. The number of benzene rings is 2. The van der Waals surface area contributed by atoms with E-state index < -0.39 is 10.0 Å². The van der Waals surface area contributed by atoms with E-state index in [2.05, 4.69) is 16.6 Å². The Labute approximate surface area is 118 Å². The number of para-hydroxylation sites is 1. The van der Waals surface area contributed by atoms with E-state index in [1.165, 1.54) is 6.07 Å². The molecule has 0 saturated carbocycles. The van der Waals surface area contributed by atoms with Crippen molar-refractivity contribution < 1.29 is 8.42 Å². The van der Waals surface area contributed by atoms with Gasteiger partial charge >= 0.3 is 0 Å². The summed E-state index contributed by atoms with van der Waals surface area (Å²) in [6, 6.07) is 15.3. The molecule has 0 aliphatic rings. The quantitative estimate of drug-likeness (QED) is 0.845. The molecule has 102 valence electrons. The fraction of sp³-hybridized carbons (Fsp3) is 0.0667. The van der Waals surface area contributed by atoms with Crippen LogP contribution < -0.4 is 10.5 Å². The van der Waals surface area contributed by atoms with Gasteiger partial charge in [0.1, 0.15) is 4.90 Å². The van der Waals surface area contributed by atoms with Crippen molar-refractivity contribution in [3.63, 3.8) is 0 Å². The second-order valence-electron chi connectivity index (χ2n) is 3.97. The molecular formula is C15H14N2O2S. The fourth-order valence-electron chi connectivity index (χ4n) is 1.67. The Kier molecular flexibility index (Phi) is 4.41. The standard InChI is InChI=1S/C15H14N2O2S/c16-12-6-8-13-7-4-5-11-15(13)20(18,19)17-14-9-2-1-3-10-14/h1-5,7,9-11,17H,12,16H2. The molecule has 0 atom stereocenters. The molecule has 0 spiro atoms. The second-order valence-corrected chi connectivity index (χ2v) is 5.62. The summed E-state index contributed by atoms with van der Waals surface area (Å²) in [7, 11) is -3.67. The van der Waals surface area contributed by atoms with Crippen molar-refractivity contribution in [3.8, 4) is 11.8 Å². The molecule has 0 fully saturated rings. The smallest absolute Gasteiger partial charge is 0.263 e. The fourth-order valence-corrected chi connectivity index (χ4v) is 2.89. The highest BCUT2D eigenvalue weighted by molar-refractivity contribution is 7.92. The number of hydrogen-bond donors (Lipinski definition) is 2. The van der Waals surface area contributed by atoms with Crippen LogP contribution in [0.25, 0.3) is 0 Å². The molecule has 0 aliphatic heterocycles. The van der Waals surface area contributed by atoms with Crippen molar-refractivity contribution in [2.75, 3.05) is 11.3 Å². The zero-order valence-electron chi connectivity index (χ0n) is 10.7. The van der Waals surface area contributed by atoms with Gasteiger partial charge in [-0.2, -0.15) is 0 Å². The summed E-state index contributed by atoms with van der Waals surface area (Å²) in [6.07, 6.45) is 0. The van der Waals surface area contributed by atoms with Crippen LogP contribution in [0.1, 0.15) is 5.56 Å². The summed E-state index contributed by atoms with van der Waals surface area (Å²) >= 11 is 0. The molecule has 0 aliphatic carbocycles. The molecule has 0 radical (unpaired) electrons. The lowest BCUT2D eigenvalue weighted by atomic mass is 10.2. The molecule has 2 aromatic carbocycles. The predicted octanol–water partition coefficient (Wildman–Crippen LogP) is 1.80. The highest BCUT2D eigenvalue weighted by atomic mass is 32.2. The van der Waals surface area contributed by atoms with Gasteiger partial charge in [0, 0.05) is 11.3 Å². The Morgan fingerprint density at radius 2 is 1.65 bits per heavy atom. The van der Waals surface area contributed by atoms with Gasteiger partial charge in [-0.1, -0.05) is 42.2 Å². The van der Waals surface area contributed by atoms with E-state index in [0.29, 0.717) is 11.3 Å². The summed E-state index contributed by atoms with van der Waals surface area (Å²) in [4.78, 5) is 0.143. The number of nitrogens with one attached hydrogen (secondary N) is 1. The van der Waals surface area contributed by atoms with Crippen LogP contribution in [-0.2, 0) is 10.0 Å². The second kappa shape index (κ2) is 6.24. The number of nitrogens with two attached hydrogens (primary N) is 1. The van der Waals surface area contributed by atoms with Gasteiger partial charge in [-0.15, -0.1) is 0 Å². The first kappa shape index (κ1) is 14.1. The van der Waals surface area contributed by atoms with Crippen LogP contribution in [0.4, 0.5) is 5.69 Å². The largest absolute Gasteiger partial charge is 0.320 e. The molecule has 2 aromatic rings. The summed E-state index contributed by atoms with van der Waals surface area (Å²) in [5.74, 6) is 5.44. The van der Waals surface area contributed by atoms with Gasteiger partial charge in [0.25, 0.3) is 10.0 Å². The van der Waals surface area contributed by atoms with Crippen molar-refractivity contribution in [2.24, 2.45) is 5.73 Å². The Morgan fingerprint density at radius 3 is 2.35 bits per heavy atom. The summed E-state index contributed by atoms with van der Waals surface area (Å²) < 4.78 is 27.3. The molecule has 0 aromatic heterocycles. The van der Waals surface area contributed by atoms with Gasteiger partial charge in [0.2, 0.25) is 0 Å². The van der Waals surface area contributed by atoms with Gasteiger partial charge in [0.15, 0.2) is 0 Å². The minimum Gasteiger partial charge on any atom is -0.320 e. The Hall–Kier alpha value is -2.29. The molecular weight excluding hydrogens is 272 g/mol. The van der Waals surface area contributed by atoms with Crippen molar-refractivity contribution in [3.05, 3.63) is 60.2 Å². The van der Waals surface area contributed by atoms with E-state index in [1.807, 2.05) is 6.07 Å². The molecule has 0 saturated heterocycles. The number of hydrogen-bond acceptors (Lipinski definition) is 3. The van der Waals surface area contributed by atoms with Crippen LogP contribution in [0.15, 0.2) is 59.5 Å². The Balaban J connectivity index is 2.40. The first-order chi connectivity index (χ1) is 9.63. The third-order valence-electron chi connectivity index (χ3n) is 2.53. The maximum Gasteiger partial charge on any atom is 0.263 e. The van der Waals surface area contributed by atoms with Crippen LogP contribution in [-0.4, -0.2) is 15.0 Å². The highest BCUT2D eigenvalue weighted by Gasteiger charge is 2.17. The monoisotopic (exact) mass is 286 g/mol. The van der Waals surface area contributed by atoms with Gasteiger partial charge in [-0.3, -0.25) is 4.72 Å². The van der Waals surface area contributed by atoms with Crippen LogP contribution >= 0.6 is 0 Å². The lowest BCUT2D eigenvalue weighted by molar-refractivity contribution is 0.601. The first-order valence-corrected chi connectivity index (χ1v) is 7.47. The predicted molar refractivity (Wildman–Crippen MR) is 79.6 cm³/mol. The van der Waals surface area contributed by atoms with Crippen molar-refractivity contribution in [1.29, 1.82) is 0 Å². The lowest BCUT2D eigenvalue weighted by Gasteiger charge is -2.09. The molecule has 0 heterocycles. The van der Waals surface area contributed by atoms with E-state index in [1.54, 1.807) is 42.5 Å². The van der Waals surface area contributed by atoms with E-state index >= 15 is 0 Å². The van der Waals surface area contributed by atoms with E-state index in [4.69, 9.17) is 5.73 Å². The zero-order valence-corrected chi connectivity index (χ0v) is 11.5. The Morgan fingerprint density at radius 1 is 1.00 bits per heavy atom. The van der Waals surface area contributed by atoms with Crippen molar-refractivity contribution >= 4 is 15.7 Å². The van der Waals surface area contributed by atoms with Crippen LogP contribution in [0, 0.1) is 11.8 Å². The van der Waals surface area contributed by atoms with Gasteiger partial charge < -0.3 is 5.73 Å². The SMILES string of the molecule is NCC#Cc1ccccc1S(=O)(=O)Nc1ccccc1. The lowest BCUT2D eigenvalue weighted by Crippen LogP contribution is -2.14. The summed E-state index contributed by atoms with van der Waals surface area (Å²) in [5, 5.41) is 0. The zero-order chi connectivity index (χ0) is 14.4. The average molecular weight is 286 g/mol. The van der Waals surface area contributed by atoms with Crippen molar-refractivity contribution in [1.82, 2.24) is 0 Å². The third kappa shape index (κ3) is 3.38. The average Bonchev–Trinajstić information content (AvgIpc) is 2.46. The topological polar surface area (TPSA) is 72.2 Å². The molecule has 3 N–H and O–H groups in total. The maximum absolute atomic E-state index is 12.4. The normalized spacial score (nSPS) is 10.4.